The number of aromatic amines is 2. The molecule has 0 amide bonds. The molecule has 1 aliphatic rings. The number of aryl methyl sites for hydroxylation is 1. The fourth-order valence-electron chi connectivity index (χ4n) is 3.75. The van der Waals surface area contributed by atoms with Crippen LogP contribution in [-0.2, 0) is 16.2 Å². The number of fused-ring (bicyclic) bond motifs is 1. The molecule has 14 heteroatoms. The predicted octanol–water partition coefficient (Wildman–Crippen LogP) is 1.00. The summed E-state index contributed by atoms with van der Waals surface area (Å²) in [6.45, 7) is 1.31. The Balaban J connectivity index is 1.71. The maximum Gasteiger partial charge on any atom is 0.417 e. The van der Waals surface area contributed by atoms with Gasteiger partial charge in [-0.15, -0.1) is 10.2 Å². The minimum absolute atomic E-state index is 0.0985. The Bertz CT molecular complexity index is 1370. The number of hydrogen-bond donors (Lipinski definition) is 2. The Labute approximate surface area is 172 Å². The van der Waals surface area contributed by atoms with Gasteiger partial charge in [0.05, 0.1) is 5.56 Å². The smallest absolute Gasteiger partial charge is 0.310 e. The van der Waals surface area contributed by atoms with E-state index in [2.05, 4.69) is 15.2 Å². The van der Waals surface area contributed by atoms with Crippen LogP contribution in [-0.4, -0.2) is 50.4 Å². The average Bonchev–Trinajstić information content (AvgIpc) is 3.09. The molecule has 0 aromatic carbocycles. The number of H-pyrrole nitrogens is 2. The van der Waals surface area contributed by atoms with Crippen molar-refractivity contribution in [2.75, 3.05) is 13.1 Å². The fraction of sp³-hybridized carbons (Fsp3) is 0.412. The molecule has 0 spiro atoms. The zero-order chi connectivity index (χ0) is 22.6. The van der Waals surface area contributed by atoms with E-state index in [1.165, 1.54) is 17.4 Å². The van der Waals surface area contributed by atoms with E-state index in [0.717, 1.165) is 16.6 Å². The van der Waals surface area contributed by atoms with Gasteiger partial charge in [0.1, 0.15) is 5.82 Å². The molecule has 0 bridgehead atoms. The van der Waals surface area contributed by atoms with Crippen molar-refractivity contribution in [3.63, 3.8) is 0 Å². The highest BCUT2D eigenvalue weighted by atomic mass is 32.2. The highest BCUT2D eigenvalue weighted by Crippen LogP contribution is 2.32. The molecule has 0 radical (unpaired) electrons. The monoisotopic (exact) mass is 458 g/mol. The summed E-state index contributed by atoms with van der Waals surface area (Å²) in [5.74, 6) is -0.336. The Kier molecular flexibility index (Phi) is 5.00. The number of nitrogens with zero attached hydrogens (tertiary/aromatic N) is 4. The Morgan fingerprint density at radius 3 is 2.58 bits per heavy atom. The highest BCUT2D eigenvalue weighted by Gasteiger charge is 2.36. The molecule has 31 heavy (non-hydrogen) atoms. The van der Waals surface area contributed by atoms with Gasteiger partial charge in [-0.25, -0.2) is 13.2 Å². The SMILES string of the molecule is Cc1[nH]c(=O)[nH]c(=O)c1S(=O)(=O)N1CCCC(c2nnc3ccc(C(F)(F)F)cn23)C1. The normalized spacial score (nSPS) is 18.5. The molecule has 166 valence electrons. The molecule has 10 nitrogen and oxygen atoms in total. The van der Waals surface area contributed by atoms with Crippen molar-refractivity contribution in [2.45, 2.75) is 36.8 Å². The molecule has 3 aromatic heterocycles. The second-order valence-electron chi connectivity index (χ2n) is 7.27. The summed E-state index contributed by atoms with van der Waals surface area (Å²) in [6.07, 6.45) is -2.79. The van der Waals surface area contributed by atoms with E-state index < -0.39 is 43.8 Å². The van der Waals surface area contributed by atoms with E-state index in [0.29, 0.717) is 12.8 Å². The highest BCUT2D eigenvalue weighted by molar-refractivity contribution is 7.89. The Morgan fingerprint density at radius 2 is 1.90 bits per heavy atom. The lowest BCUT2D eigenvalue weighted by atomic mass is 9.99. The van der Waals surface area contributed by atoms with Crippen LogP contribution in [0.5, 0.6) is 0 Å². The third kappa shape index (κ3) is 3.76. The number of alkyl halides is 3. The number of rotatable bonds is 3. The van der Waals surface area contributed by atoms with Crippen molar-refractivity contribution in [1.82, 2.24) is 28.9 Å². The maximum atomic E-state index is 13.1. The van der Waals surface area contributed by atoms with Crippen molar-refractivity contribution in [1.29, 1.82) is 0 Å². The number of halogens is 3. The summed E-state index contributed by atoms with van der Waals surface area (Å²) in [5.41, 5.74) is -2.63. The first-order chi connectivity index (χ1) is 14.5. The summed E-state index contributed by atoms with van der Waals surface area (Å²) < 4.78 is 67.8. The van der Waals surface area contributed by atoms with Crippen LogP contribution in [0.3, 0.4) is 0 Å². The minimum atomic E-state index is -4.56. The molecule has 1 fully saturated rings. The molecule has 4 rings (SSSR count). The van der Waals surface area contributed by atoms with Crippen molar-refractivity contribution in [3.05, 3.63) is 56.2 Å². The van der Waals surface area contributed by atoms with Gasteiger partial charge in [-0.1, -0.05) is 0 Å². The van der Waals surface area contributed by atoms with Crippen LogP contribution < -0.4 is 11.2 Å². The van der Waals surface area contributed by atoms with Gasteiger partial charge < -0.3 is 4.98 Å². The number of piperidine rings is 1. The van der Waals surface area contributed by atoms with E-state index in [1.54, 1.807) is 0 Å². The zero-order valence-corrected chi connectivity index (χ0v) is 16.9. The summed E-state index contributed by atoms with van der Waals surface area (Å²) in [5, 5.41) is 7.87. The maximum absolute atomic E-state index is 13.1. The number of aromatic nitrogens is 5. The molecule has 2 N–H and O–H groups in total. The number of pyridine rings is 1. The van der Waals surface area contributed by atoms with Gasteiger partial charge in [-0.3, -0.25) is 14.2 Å². The van der Waals surface area contributed by atoms with Gasteiger partial charge in [-0.05, 0) is 31.9 Å². The van der Waals surface area contributed by atoms with Crippen LogP contribution in [0.2, 0.25) is 0 Å². The van der Waals surface area contributed by atoms with Crippen LogP contribution in [0.15, 0.2) is 32.8 Å². The van der Waals surface area contributed by atoms with Gasteiger partial charge in [0, 0.05) is 30.9 Å². The third-order valence-electron chi connectivity index (χ3n) is 5.18. The third-order valence-corrected chi connectivity index (χ3v) is 7.20. The number of hydrogen-bond acceptors (Lipinski definition) is 6. The molecule has 4 heterocycles. The second kappa shape index (κ2) is 7.30. The zero-order valence-electron chi connectivity index (χ0n) is 16.1. The van der Waals surface area contributed by atoms with Crippen molar-refractivity contribution in [3.8, 4) is 0 Å². The molecular formula is C17H17F3N6O4S. The molecule has 3 aromatic rings. The number of nitrogens with one attached hydrogen (secondary N) is 2. The predicted molar refractivity (Wildman–Crippen MR) is 101 cm³/mol. The van der Waals surface area contributed by atoms with Gasteiger partial charge >= 0.3 is 11.9 Å². The van der Waals surface area contributed by atoms with Crippen LogP contribution >= 0.6 is 0 Å². The first-order valence-electron chi connectivity index (χ1n) is 9.23. The lowest BCUT2D eigenvalue weighted by molar-refractivity contribution is -0.137. The molecule has 0 saturated carbocycles. The van der Waals surface area contributed by atoms with Gasteiger partial charge in [0.25, 0.3) is 5.56 Å². The fourth-order valence-corrected chi connectivity index (χ4v) is 5.48. The van der Waals surface area contributed by atoms with Crippen molar-refractivity contribution < 1.29 is 21.6 Å². The molecule has 1 unspecified atom stereocenters. The summed E-state index contributed by atoms with van der Waals surface area (Å²) in [7, 11) is -4.27. The first-order valence-corrected chi connectivity index (χ1v) is 10.7. The average molecular weight is 458 g/mol. The summed E-state index contributed by atoms with van der Waals surface area (Å²) in [4.78, 5) is 27.1. The van der Waals surface area contributed by atoms with E-state index >= 15 is 0 Å². The Hall–Kier alpha value is -3.00. The summed E-state index contributed by atoms with van der Waals surface area (Å²) in [6, 6.07) is 2.09. The van der Waals surface area contributed by atoms with E-state index in [-0.39, 0.29) is 30.3 Å². The Morgan fingerprint density at radius 1 is 1.16 bits per heavy atom. The van der Waals surface area contributed by atoms with Crippen molar-refractivity contribution >= 4 is 15.7 Å². The minimum Gasteiger partial charge on any atom is -0.310 e. The molecule has 1 atom stereocenters. The van der Waals surface area contributed by atoms with Gasteiger partial charge in [-0.2, -0.15) is 17.5 Å². The largest absolute Gasteiger partial charge is 0.417 e. The van der Waals surface area contributed by atoms with E-state index in [9.17, 15) is 31.2 Å². The van der Waals surface area contributed by atoms with Gasteiger partial charge in [0.2, 0.25) is 10.0 Å². The molecular weight excluding hydrogens is 441 g/mol. The van der Waals surface area contributed by atoms with Gasteiger partial charge in [0.15, 0.2) is 10.5 Å². The lowest BCUT2D eigenvalue weighted by Crippen LogP contribution is -2.42. The topological polar surface area (TPSA) is 133 Å². The quantitative estimate of drug-likeness (QED) is 0.602. The molecule has 1 saturated heterocycles. The van der Waals surface area contributed by atoms with Crippen LogP contribution in [0.4, 0.5) is 13.2 Å². The van der Waals surface area contributed by atoms with E-state index in [1.807, 2.05) is 4.98 Å². The molecule has 1 aliphatic heterocycles. The first kappa shape index (κ1) is 21.2. The van der Waals surface area contributed by atoms with Crippen molar-refractivity contribution in [2.24, 2.45) is 0 Å². The lowest BCUT2D eigenvalue weighted by Gasteiger charge is -2.31. The summed E-state index contributed by atoms with van der Waals surface area (Å²) >= 11 is 0. The van der Waals surface area contributed by atoms with E-state index in [4.69, 9.17) is 0 Å². The number of sulfonamides is 1. The van der Waals surface area contributed by atoms with Crippen LogP contribution in [0.25, 0.3) is 5.65 Å². The molecule has 0 aliphatic carbocycles. The standard InChI is InChI=1S/C17H17F3N6O4S/c1-9-13(15(27)22-16(28)21-9)31(29,30)25-6-2-3-10(7-25)14-24-23-12-5-4-11(8-26(12)14)17(18,19)20/h4-5,8,10H,2-3,6-7H2,1H3,(H2,21,22,27,28). The van der Waals surface area contributed by atoms with Crippen LogP contribution in [0, 0.1) is 6.92 Å². The second-order valence-corrected chi connectivity index (χ2v) is 9.14. The van der Waals surface area contributed by atoms with Crippen LogP contribution in [0.1, 0.15) is 35.8 Å².